The Hall–Kier alpha value is -1.53. The van der Waals surface area contributed by atoms with Gasteiger partial charge in [-0.05, 0) is 31.0 Å². The number of rotatable bonds is 8. The fourth-order valence-electron chi connectivity index (χ4n) is 1.51. The average Bonchev–Trinajstić information content (AvgIpc) is 2.42. The molecule has 21 heavy (non-hydrogen) atoms. The molecule has 0 aromatic heterocycles. The van der Waals surface area contributed by atoms with Crippen LogP contribution in [0, 0.1) is 0 Å². The summed E-state index contributed by atoms with van der Waals surface area (Å²) in [7, 11) is 0. The lowest BCUT2D eigenvalue weighted by molar-refractivity contribution is -0.142. The zero-order chi connectivity index (χ0) is 15.8. The Bertz CT molecular complexity index is 536. The Labute approximate surface area is 136 Å². The van der Waals surface area contributed by atoms with Crippen LogP contribution in [0.4, 0.5) is 0 Å². The normalized spacial score (nSPS) is 11.5. The molecule has 0 saturated carbocycles. The predicted octanol–water partition coefficient (Wildman–Crippen LogP) is 3.02. The average molecular weight is 377 g/mol. The van der Waals surface area contributed by atoms with Gasteiger partial charge in [-0.25, -0.2) is 4.79 Å². The molecule has 5 nitrogen and oxygen atoms in total. The Kier molecular flexibility index (Phi) is 7.25. The molecule has 1 amide bonds. The second-order valence-corrected chi connectivity index (χ2v) is 5.51. The molecule has 0 radical (unpaired) electrons. The molecule has 114 valence electrons. The molecule has 0 bridgehead atoms. The molecule has 1 aromatic carbocycles. The fraction of sp³-hybridized carbons (Fsp3) is 0.286. The van der Waals surface area contributed by atoms with Gasteiger partial charge < -0.3 is 15.2 Å². The van der Waals surface area contributed by atoms with Gasteiger partial charge in [0.05, 0.1) is 5.02 Å². The number of carbonyl (C=O) groups is 2. The maximum atomic E-state index is 11.7. The molecular weight excluding hydrogens is 362 g/mol. The number of benzene rings is 1. The first-order valence-electron chi connectivity index (χ1n) is 6.15. The Balaban J connectivity index is 2.52. The first-order chi connectivity index (χ1) is 9.93. The molecule has 7 heteroatoms. The highest BCUT2D eigenvalue weighted by molar-refractivity contribution is 9.10. The van der Waals surface area contributed by atoms with Crippen molar-refractivity contribution in [2.45, 2.75) is 18.9 Å². The van der Waals surface area contributed by atoms with Crippen molar-refractivity contribution in [3.63, 3.8) is 0 Å². The van der Waals surface area contributed by atoms with E-state index in [1.54, 1.807) is 24.3 Å². The highest BCUT2D eigenvalue weighted by Crippen LogP contribution is 2.27. The standard InChI is InChI=1S/C14H15BrClNO4/c1-2-3-4-11(14(19)20)17-13(18)8-21-12-6-5-9(15)7-10(12)16/h2,5-7,11H,1,3-4,8H2,(H,17,18)(H,19,20). The maximum absolute atomic E-state index is 11.7. The van der Waals surface area contributed by atoms with Gasteiger partial charge in [0, 0.05) is 4.47 Å². The van der Waals surface area contributed by atoms with Crippen LogP contribution in [0.5, 0.6) is 5.75 Å². The molecule has 1 atom stereocenters. The van der Waals surface area contributed by atoms with Gasteiger partial charge in [-0.2, -0.15) is 0 Å². The van der Waals surface area contributed by atoms with Crippen LogP contribution in [0.15, 0.2) is 35.3 Å². The summed E-state index contributed by atoms with van der Waals surface area (Å²) in [4.78, 5) is 22.7. The summed E-state index contributed by atoms with van der Waals surface area (Å²) >= 11 is 9.20. The summed E-state index contributed by atoms with van der Waals surface area (Å²) in [5.74, 6) is -1.26. The third kappa shape index (κ3) is 6.18. The van der Waals surface area contributed by atoms with Crippen molar-refractivity contribution in [1.82, 2.24) is 5.32 Å². The third-order valence-electron chi connectivity index (χ3n) is 2.55. The molecule has 1 unspecified atom stereocenters. The van der Waals surface area contributed by atoms with E-state index in [0.717, 1.165) is 4.47 Å². The van der Waals surface area contributed by atoms with Crippen molar-refractivity contribution in [2.75, 3.05) is 6.61 Å². The molecular formula is C14H15BrClNO4. The number of allylic oxidation sites excluding steroid dienone is 1. The maximum Gasteiger partial charge on any atom is 0.326 e. The minimum absolute atomic E-state index is 0.281. The van der Waals surface area contributed by atoms with Crippen LogP contribution >= 0.6 is 27.5 Å². The van der Waals surface area contributed by atoms with Crippen LogP contribution in [0.25, 0.3) is 0 Å². The number of halogens is 2. The summed E-state index contributed by atoms with van der Waals surface area (Å²) in [6.07, 6.45) is 2.38. The van der Waals surface area contributed by atoms with Crippen LogP contribution in [0.2, 0.25) is 5.02 Å². The summed E-state index contributed by atoms with van der Waals surface area (Å²) in [6, 6.07) is 4.02. The zero-order valence-corrected chi connectivity index (χ0v) is 13.5. The molecule has 0 aliphatic heterocycles. The van der Waals surface area contributed by atoms with E-state index in [2.05, 4.69) is 27.8 Å². The van der Waals surface area contributed by atoms with Crippen LogP contribution in [0.1, 0.15) is 12.8 Å². The minimum Gasteiger partial charge on any atom is -0.482 e. The van der Waals surface area contributed by atoms with Gasteiger partial charge in [-0.3, -0.25) is 4.79 Å². The predicted molar refractivity (Wildman–Crippen MR) is 83.6 cm³/mol. The van der Waals surface area contributed by atoms with E-state index >= 15 is 0 Å². The summed E-state index contributed by atoms with van der Waals surface area (Å²) in [5.41, 5.74) is 0. The highest BCUT2D eigenvalue weighted by Gasteiger charge is 2.19. The number of ether oxygens (including phenoxy) is 1. The Morgan fingerprint density at radius 3 is 2.81 bits per heavy atom. The van der Waals surface area contributed by atoms with Crippen molar-refractivity contribution in [1.29, 1.82) is 0 Å². The number of aliphatic carboxylic acids is 1. The number of nitrogens with one attached hydrogen (secondary N) is 1. The Morgan fingerprint density at radius 2 is 2.24 bits per heavy atom. The van der Waals surface area contributed by atoms with E-state index in [4.69, 9.17) is 21.4 Å². The molecule has 0 spiro atoms. The second-order valence-electron chi connectivity index (χ2n) is 4.19. The van der Waals surface area contributed by atoms with Crippen LogP contribution in [-0.2, 0) is 9.59 Å². The Morgan fingerprint density at radius 1 is 1.52 bits per heavy atom. The van der Waals surface area contributed by atoms with Gasteiger partial charge in [0.15, 0.2) is 6.61 Å². The molecule has 2 N–H and O–H groups in total. The first-order valence-corrected chi connectivity index (χ1v) is 7.32. The number of hydrogen-bond acceptors (Lipinski definition) is 3. The number of carboxylic acid groups (broad SMARTS) is 1. The van der Waals surface area contributed by atoms with E-state index in [-0.39, 0.29) is 13.0 Å². The van der Waals surface area contributed by atoms with E-state index in [9.17, 15) is 9.59 Å². The lowest BCUT2D eigenvalue weighted by atomic mass is 10.1. The fourth-order valence-corrected chi connectivity index (χ4v) is 2.24. The molecule has 0 saturated heterocycles. The van der Waals surface area contributed by atoms with Crippen molar-refractivity contribution < 1.29 is 19.4 Å². The summed E-state index contributed by atoms with van der Waals surface area (Å²) in [5, 5.41) is 11.7. The molecule has 1 rings (SSSR count). The van der Waals surface area contributed by atoms with Crippen LogP contribution in [0.3, 0.4) is 0 Å². The van der Waals surface area contributed by atoms with Gasteiger partial charge in [0.1, 0.15) is 11.8 Å². The van der Waals surface area contributed by atoms with Crippen molar-refractivity contribution in [3.05, 3.63) is 40.3 Å². The topological polar surface area (TPSA) is 75.6 Å². The van der Waals surface area contributed by atoms with Gasteiger partial charge in [-0.15, -0.1) is 6.58 Å². The van der Waals surface area contributed by atoms with Crippen molar-refractivity contribution >= 4 is 39.4 Å². The molecule has 0 fully saturated rings. The minimum atomic E-state index is -1.09. The van der Waals surface area contributed by atoms with Gasteiger partial charge in [0.2, 0.25) is 0 Å². The molecule has 0 aliphatic carbocycles. The van der Waals surface area contributed by atoms with E-state index in [1.165, 1.54) is 0 Å². The zero-order valence-electron chi connectivity index (χ0n) is 11.1. The molecule has 1 aromatic rings. The lowest BCUT2D eigenvalue weighted by Crippen LogP contribution is -2.42. The number of carbonyl (C=O) groups excluding carboxylic acids is 1. The quantitative estimate of drug-likeness (QED) is 0.684. The lowest BCUT2D eigenvalue weighted by Gasteiger charge is -2.14. The SMILES string of the molecule is C=CCCC(NC(=O)COc1ccc(Br)cc1Cl)C(=O)O. The van der Waals surface area contributed by atoms with Crippen LogP contribution < -0.4 is 10.1 Å². The number of carboxylic acids is 1. The van der Waals surface area contributed by atoms with Gasteiger partial charge in [-0.1, -0.05) is 33.6 Å². The number of amides is 1. The van der Waals surface area contributed by atoms with E-state index < -0.39 is 17.9 Å². The van der Waals surface area contributed by atoms with E-state index in [1.807, 2.05) is 0 Å². The van der Waals surface area contributed by atoms with Crippen molar-refractivity contribution in [2.24, 2.45) is 0 Å². The monoisotopic (exact) mass is 375 g/mol. The summed E-state index contributed by atoms with van der Waals surface area (Å²) < 4.78 is 6.05. The van der Waals surface area contributed by atoms with E-state index in [0.29, 0.717) is 17.2 Å². The first kappa shape index (κ1) is 17.5. The number of hydrogen-bond donors (Lipinski definition) is 2. The largest absolute Gasteiger partial charge is 0.482 e. The smallest absolute Gasteiger partial charge is 0.326 e. The second kappa shape index (κ2) is 8.69. The molecule has 0 aliphatic rings. The highest BCUT2D eigenvalue weighted by atomic mass is 79.9. The summed E-state index contributed by atoms with van der Waals surface area (Å²) in [6.45, 7) is 3.21. The van der Waals surface area contributed by atoms with Crippen molar-refractivity contribution in [3.8, 4) is 5.75 Å². The third-order valence-corrected chi connectivity index (χ3v) is 3.33. The van der Waals surface area contributed by atoms with Gasteiger partial charge in [0.25, 0.3) is 5.91 Å². The van der Waals surface area contributed by atoms with Crippen LogP contribution in [-0.4, -0.2) is 29.6 Å². The molecule has 0 heterocycles. The van der Waals surface area contributed by atoms with Gasteiger partial charge >= 0.3 is 5.97 Å².